The van der Waals surface area contributed by atoms with E-state index in [0.29, 0.717) is 16.9 Å². The molecule has 0 aliphatic rings. The summed E-state index contributed by atoms with van der Waals surface area (Å²) in [6.07, 6.45) is 6.83. The van der Waals surface area contributed by atoms with Crippen molar-refractivity contribution >= 4 is 35.0 Å². The van der Waals surface area contributed by atoms with Gasteiger partial charge >= 0.3 is 0 Å². The number of nitrogens with two attached hydrogens (primary N) is 1. The zero-order chi connectivity index (χ0) is 23.6. The Hall–Kier alpha value is -4.59. The van der Waals surface area contributed by atoms with Crippen molar-refractivity contribution in [1.29, 1.82) is 0 Å². The highest BCUT2D eigenvalue weighted by Crippen LogP contribution is 2.20. The number of aromatic nitrogens is 1. The molecule has 33 heavy (non-hydrogen) atoms. The summed E-state index contributed by atoms with van der Waals surface area (Å²) < 4.78 is 13.1. The van der Waals surface area contributed by atoms with Crippen molar-refractivity contribution in [1.82, 2.24) is 10.3 Å². The predicted octanol–water partition coefficient (Wildman–Crippen LogP) is 3.51. The average Bonchev–Trinajstić information content (AvgIpc) is 2.82. The molecule has 0 unspecified atom stereocenters. The third kappa shape index (κ3) is 7.25. The van der Waals surface area contributed by atoms with Crippen molar-refractivity contribution < 1.29 is 18.8 Å². The fraction of sp³-hybridized carbons (Fsp3) is 0.0400. The summed E-state index contributed by atoms with van der Waals surface area (Å²) in [5.41, 5.74) is 7.91. The monoisotopic (exact) mass is 444 g/mol. The fourth-order valence-corrected chi connectivity index (χ4v) is 2.72. The number of allylic oxidation sites excluding steroid dienone is 2. The maximum atomic E-state index is 13.1. The van der Waals surface area contributed by atoms with E-state index in [1.165, 1.54) is 24.3 Å². The third-order valence-corrected chi connectivity index (χ3v) is 4.45. The standard InChI is InChI=1S/C25H21FN4O3/c26-19-8-12-23(22(27)15-19)30-25(33)18-6-4-17(5-7-18)16-29-24(32)13-11-21(31)10-9-20-3-1-2-14-28-20/h1-15H,16,27H2,(H,29,32)(H,30,33)/b10-9?,13-11+. The topological polar surface area (TPSA) is 114 Å². The van der Waals surface area contributed by atoms with Gasteiger partial charge in [0.2, 0.25) is 5.91 Å². The Kier molecular flexibility index (Phi) is 7.80. The first-order chi connectivity index (χ1) is 15.9. The van der Waals surface area contributed by atoms with Crippen LogP contribution in [0.1, 0.15) is 21.6 Å². The number of halogens is 1. The minimum Gasteiger partial charge on any atom is -0.397 e. The van der Waals surface area contributed by atoms with Crippen molar-refractivity contribution in [2.75, 3.05) is 11.1 Å². The van der Waals surface area contributed by atoms with Gasteiger partial charge in [-0.2, -0.15) is 0 Å². The Bertz CT molecular complexity index is 1210. The highest BCUT2D eigenvalue weighted by molar-refractivity contribution is 6.06. The molecule has 3 rings (SSSR count). The molecule has 0 saturated carbocycles. The van der Waals surface area contributed by atoms with Crippen molar-refractivity contribution in [3.05, 3.63) is 108 Å². The van der Waals surface area contributed by atoms with Gasteiger partial charge in [-0.25, -0.2) is 4.39 Å². The van der Waals surface area contributed by atoms with Crippen LogP contribution >= 0.6 is 0 Å². The first-order valence-corrected chi connectivity index (χ1v) is 9.95. The van der Waals surface area contributed by atoms with Gasteiger partial charge < -0.3 is 16.4 Å². The number of carbonyl (C=O) groups is 3. The molecule has 8 heteroatoms. The molecule has 0 fully saturated rings. The molecule has 0 radical (unpaired) electrons. The van der Waals surface area contributed by atoms with Gasteiger partial charge in [0.15, 0.2) is 5.78 Å². The molecule has 166 valence electrons. The summed E-state index contributed by atoms with van der Waals surface area (Å²) in [7, 11) is 0. The number of nitrogens with zero attached hydrogens (tertiary/aromatic N) is 1. The predicted molar refractivity (Wildman–Crippen MR) is 124 cm³/mol. The second-order valence-electron chi connectivity index (χ2n) is 6.92. The number of amides is 2. The van der Waals surface area contributed by atoms with E-state index in [4.69, 9.17) is 5.73 Å². The molecule has 3 aromatic rings. The lowest BCUT2D eigenvalue weighted by molar-refractivity contribution is -0.117. The Labute approximate surface area is 189 Å². The summed E-state index contributed by atoms with van der Waals surface area (Å²) in [5.74, 6) is -1.66. The number of benzene rings is 2. The summed E-state index contributed by atoms with van der Waals surface area (Å²) in [4.78, 5) is 40.2. The van der Waals surface area contributed by atoms with E-state index in [9.17, 15) is 18.8 Å². The number of ketones is 1. The first kappa shape index (κ1) is 23.1. The van der Waals surface area contributed by atoms with Gasteiger partial charge in [-0.1, -0.05) is 18.2 Å². The Morgan fingerprint density at radius 1 is 0.970 bits per heavy atom. The van der Waals surface area contributed by atoms with Crippen LogP contribution in [0.3, 0.4) is 0 Å². The van der Waals surface area contributed by atoms with E-state index in [2.05, 4.69) is 15.6 Å². The molecule has 4 N–H and O–H groups in total. The van der Waals surface area contributed by atoms with E-state index in [-0.39, 0.29) is 18.0 Å². The van der Waals surface area contributed by atoms with Crippen molar-refractivity contribution in [2.45, 2.75) is 6.54 Å². The lowest BCUT2D eigenvalue weighted by atomic mass is 10.1. The van der Waals surface area contributed by atoms with Crippen LogP contribution in [0.2, 0.25) is 0 Å². The van der Waals surface area contributed by atoms with Gasteiger partial charge in [0.25, 0.3) is 5.91 Å². The van der Waals surface area contributed by atoms with Crippen LogP contribution in [0.15, 0.2) is 85.1 Å². The van der Waals surface area contributed by atoms with Gasteiger partial charge in [0, 0.05) is 24.4 Å². The lowest BCUT2D eigenvalue weighted by Crippen LogP contribution is -2.20. The Morgan fingerprint density at radius 2 is 1.76 bits per heavy atom. The van der Waals surface area contributed by atoms with Crippen molar-refractivity contribution in [3.8, 4) is 0 Å². The number of pyridine rings is 1. The number of carbonyl (C=O) groups excluding carboxylic acids is 3. The molecule has 0 bridgehead atoms. The Morgan fingerprint density at radius 3 is 2.45 bits per heavy atom. The molecule has 2 aromatic carbocycles. The molecule has 0 spiro atoms. The number of anilines is 2. The van der Waals surface area contributed by atoms with Crippen LogP contribution in [-0.4, -0.2) is 22.6 Å². The molecule has 0 aliphatic carbocycles. The van der Waals surface area contributed by atoms with E-state index in [1.54, 1.807) is 54.7 Å². The third-order valence-electron chi connectivity index (χ3n) is 4.45. The molecule has 1 aromatic heterocycles. The van der Waals surface area contributed by atoms with Crippen LogP contribution in [-0.2, 0) is 16.1 Å². The number of nitrogen functional groups attached to an aromatic ring is 1. The molecule has 0 atom stereocenters. The maximum Gasteiger partial charge on any atom is 0.255 e. The van der Waals surface area contributed by atoms with Gasteiger partial charge in [-0.05, 0) is 66.3 Å². The van der Waals surface area contributed by atoms with E-state index in [1.807, 2.05) is 0 Å². The normalized spacial score (nSPS) is 10.9. The highest BCUT2D eigenvalue weighted by atomic mass is 19.1. The molecule has 7 nitrogen and oxygen atoms in total. The largest absolute Gasteiger partial charge is 0.397 e. The van der Waals surface area contributed by atoms with Gasteiger partial charge in [-0.15, -0.1) is 0 Å². The van der Waals surface area contributed by atoms with Gasteiger partial charge in [-0.3, -0.25) is 19.4 Å². The number of nitrogens with one attached hydrogen (secondary N) is 2. The Balaban J connectivity index is 1.48. The molecule has 1 heterocycles. The minimum atomic E-state index is -0.489. The number of hydrogen-bond donors (Lipinski definition) is 3. The lowest BCUT2D eigenvalue weighted by Gasteiger charge is -2.09. The van der Waals surface area contributed by atoms with Crippen LogP contribution in [0.5, 0.6) is 0 Å². The summed E-state index contributed by atoms with van der Waals surface area (Å²) in [5, 5.41) is 5.28. The van der Waals surface area contributed by atoms with Gasteiger partial charge in [0.05, 0.1) is 17.1 Å². The molecule has 2 amide bonds. The van der Waals surface area contributed by atoms with Crippen LogP contribution < -0.4 is 16.4 Å². The minimum absolute atomic E-state index is 0.126. The average molecular weight is 444 g/mol. The zero-order valence-corrected chi connectivity index (χ0v) is 17.5. The molecular formula is C25H21FN4O3. The zero-order valence-electron chi connectivity index (χ0n) is 17.5. The fourth-order valence-electron chi connectivity index (χ4n) is 2.72. The van der Waals surface area contributed by atoms with E-state index >= 15 is 0 Å². The first-order valence-electron chi connectivity index (χ1n) is 9.95. The summed E-state index contributed by atoms with van der Waals surface area (Å²) >= 11 is 0. The number of hydrogen-bond acceptors (Lipinski definition) is 5. The smallest absolute Gasteiger partial charge is 0.255 e. The highest BCUT2D eigenvalue weighted by Gasteiger charge is 2.09. The van der Waals surface area contributed by atoms with Crippen LogP contribution in [0.25, 0.3) is 6.08 Å². The SMILES string of the molecule is Nc1cc(F)ccc1NC(=O)c1ccc(CNC(=O)/C=C/C(=O)C=Cc2ccccn2)cc1. The summed E-state index contributed by atoms with van der Waals surface area (Å²) in [6.45, 7) is 0.216. The van der Waals surface area contributed by atoms with E-state index < -0.39 is 17.6 Å². The molecule has 0 saturated heterocycles. The van der Waals surface area contributed by atoms with Gasteiger partial charge in [0.1, 0.15) is 5.82 Å². The molecular weight excluding hydrogens is 423 g/mol. The second-order valence-corrected chi connectivity index (χ2v) is 6.92. The second kappa shape index (κ2) is 11.1. The van der Waals surface area contributed by atoms with E-state index in [0.717, 1.165) is 17.7 Å². The van der Waals surface area contributed by atoms with Crippen LogP contribution in [0.4, 0.5) is 15.8 Å². The van der Waals surface area contributed by atoms with Crippen LogP contribution in [0, 0.1) is 5.82 Å². The van der Waals surface area contributed by atoms with Crippen molar-refractivity contribution in [2.24, 2.45) is 0 Å². The number of rotatable bonds is 8. The summed E-state index contributed by atoms with van der Waals surface area (Å²) in [6, 6.07) is 15.6. The quantitative estimate of drug-likeness (QED) is 0.363. The maximum absolute atomic E-state index is 13.1. The van der Waals surface area contributed by atoms with Crippen molar-refractivity contribution in [3.63, 3.8) is 0 Å². The molecule has 0 aliphatic heterocycles.